The number of aliphatic hydroxyl groups excluding tert-OH is 1. The lowest BCUT2D eigenvalue weighted by Crippen LogP contribution is -2.16. The fourth-order valence-electron chi connectivity index (χ4n) is 2.20. The third-order valence-electron chi connectivity index (χ3n) is 3.38. The normalized spacial score (nSPS) is 30.7. The van der Waals surface area contributed by atoms with Gasteiger partial charge in [0.05, 0.1) is 12.0 Å². The molecule has 3 rings (SSSR count). The van der Waals surface area contributed by atoms with Gasteiger partial charge >= 0.3 is 0 Å². The van der Waals surface area contributed by atoms with Gasteiger partial charge in [-0.05, 0) is 18.8 Å². The minimum absolute atomic E-state index is 0.0158. The Morgan fingerprint density at radius 3 is 2.88 bits per heavy atom. The monoisotopic (exact) mass is 256 g/mol. The molecule has 2 fully saturated rings. The molecule has 3 unspecified atom stereocenters. The van der Waals surface area contributed by atoms with Gasteiger partial charge in [-0.15, -0.1) is 0 Å². The van der Waals surface area contributed by atoms with E-state index >= 15 is 0 Å². The van der Waals surface area contributed by atoms with Crippen molar-refractivity contribution in [2.45, 2.75) is 31.0 Å². The fraction of sp³-hybridized carbons (Fsp3) is 0.818. The highest BCUT2D eigenvalue weighted by Gasteiger charge is 2.37. The first-order valence-corrected chi connectivity index (χ1v) is 7.07. The number of nitrogens with zero attached hydrogens (tertiary/aromatic N) is 2. The van der Waals surface area contributed by atoms with Crippen LogP contribution < -0.4 is 0 Å². The van der Waals surface area contributed by atoms with Crippen LogP contribution in [0, 0.1) is 5.92 Å². The van der Waals surface area contributed by atoms with Crippen molar-refractivity contribution in [1.29, 1.82) is 0 Å². The van der Waals surface area contributed by atoms with Crippen molar-refractivity contribution in [2.75, 3.05) is 18.6 Å². The smallest absolute Gasteiger partial charge is 0.233 e. The molecule has 0 aromatic carbocycles. The molecule has 1 aliphatic carbocycles. The summed E-state index contributed by atoms with van der Waals surface area (Å²) in [6.45, 7) is 0. The Morgan fingerprint density at radius 2 is 2.29 bits per heavy atom. The summed E-state index contributed by atoms with van der Waals surface area (Å²) in [6, 6.07) is 0. The van der Waals surface area contributed by atoms with Gasteiger partial charge in [-0.25, -0.2) is 0 Å². The van der Waals surface area contributed by atoms with E-state index in [1.807, 2.05) is 0 Å². The van der Waals surface area contributed by atoms with Crippen LogP contribution in [-0.4, -0.2) is 40.0 Å². The molecular formula is C11H16N2O3S. The molecule has 1 saturated carbocycles. The van der Waals surface area contributed by atoms with E-state index < -0.39 is 0 Å². The second kappa shape index (κ2) is 4.59. The fourth-order valence-corrected chi connectivity index (χ4v) is 3.43. The standard InChI is InChI=1S/C11H16N2O3S/c1-15-9(6-2-3-6)10-12-11(16-13-10)7-4-17-5-8(7)14/h6-9,14H,2-5H2,1H3. The van der Waals surface area contributed by atoms with Crippen molar-refractivity contribution >= 4 is 11.8 Å². The molecule has 1 aliphatic heterocycles. The van der Waals surface area contributed by atoms with Crippen LogP contribution in [0.5, 0.6) is 0 Å². The van der Waals surface area contributed by atoms with E-state index in [1.54, 1.807) is 18.9 Å². The lowest BCUT2D eigenvalue weighted by molar-refractivity contribution is 0.0751. The number of aromatic nitrogens is 2. The number of methoxy groups -OCH3 is 1. The van der Waals surface area contributed by atoms with Crippen LogP contribution in [0.1, 0.15) is 36.6 Å². The molecule has 3 atom stereocenters. The summed E-state index contributed by atoms with van der Waals surface area (Å²) in [5.41, 5.74) is 0. The van der Waals surface area contributed by atoms with Crippen molar-refractivity contribution in [3.05, 3.63) is 11.7 Å². The first-order valence-electron chi connectivity index (χ1n) is 5.91. The van der Waals surface area contributed by atoms with Gasteiger partial charge in [-0.1, -0.05) is 5.16 Å². The number of rotatable bonds is 4. The molecule has 1 aromatic rings. The predicted octanol–water partition coefficient (Wildman–Crippen LogP) is 1.36. The van der Waals surface area contributed by atoms with Gasteiger partial charge in [-0.2, -0.15) is 16.7 Å². The lowest BCUT2D eigenvalue weighted by atomic mass is 10.1. The Balaban J connectivity index is 1.77. The topological polar surface area (TPSA) is 68.4 Å². The van der Waals surface area contributed by atoms with Crippen LogP contribution in [0.25, 0.3) is 0 Å². The third-order valence-corrected chi connectivity index (χ3v) is 4.56. The van der Waals surface area contributed by atoms with Crippen molar-refractivity contribution in [2.24, 2.45) is 5.92 Å². The Bertz CT molecular complexity index is 377. The minimum Gasteiger partial charge on any atom is -0.391 e. The maximum Gasteiger partial charge on any atom is 0.233 e. The van der Waals surface area contributed by atoms with E-state index in [4.69, 9.17) is 9.26 Å². The van der Waals surface area contributed by atoms with Gasteiger partial charge in [-0.3, -0.25) is 0 Å². The molecule has 5 nitrogen and oxygen atoms in total. The van der Waals surface area contributed by atoms with E-state index in [9.17, 15) is 5.11 Å². The second-order valence-electron chi connectivity index (χ2n) is 4.70. The van der Waals surface area contributed by atoms with Gasteiger partial charge < -0.3 is 14.4 Å². The zero-order valence-electron chi connectivity index (χ0n) is 9.70. The highest BCUT2D eigenvalue weighted by atomic mass is 32.2. The average molecular weight is 256 g/mol. The second-order valence-corrected chi connectivity index (χ2v) is 5.77. The number of ether oxygens (including phenoxy) is 1. The van der Waals surface area contributed by atoms with Gasteiger partial charge in [0.1, 0.15) is 6.10 Å². The molecular weight excluding hydrogens is 240 g/mol. The van der Waals surface area contributed by atoms with Crippen LogP contribution in [0.4, 0.5) is 0 Å². The molecule has 2 heterocycles. The quantitative estimate of drug-likeness (QED) is 0.877. The molecule has 1 aromatic heterocycles. The molecule has 1 N–H and O–H groups in total. The van der Waals surface area contributed by atoms with Crippen LogP contribution in [0.2, 0.25) is 0 Å². The Morgan fingerprint density at radius 1 is 1.47 bits per heavy atom. The van der Waals surface area contributed by atoms with E-state index in [1.165, 1.54) is 12.8 Å². The summed E-state index contributed by atoms with van der Waals surface area (Å²) in [7, 11) is 1.68. The summed E-state index contributed by atoms with van der Waals surface area (Å²) in [6.07, 6.45) is 1.93. The van der Waals surface area contributed by atoms with Crippen molar-refractivity contribution in [3.63, 3.8) is 0 Å². The summed E-state index contributed by atoms with van der Waals surface area (Å²) in [5.74, 6) is 3.31. The van der Waals surface area contributed by atoms with Gasteiger partial charge in [0, 0.05) is 18.6 Å². The Labute approximate surface area is 104 Å². The van der Waals surface area contributed by atoms with E-state index in [2.05, 4.69) is 10.1 Å². The molecule has 1 saturated heterocycles. The maximum absolute atomic E-state index is 9.79. The summed E-state index contributed by atoms with van der Waals surface area (Å²) in [4.78, 5) is 4.40. The number of thioether (sulfide) groups is 1. The van der Waals surface area contributed by atoms with E-state index in [-0.39, 0.29) is 18.1 Å². The SMILES string of the molecule is COC(c1noc(C2CSCC2O)n1)C1CC1. The summed E-state index contributed by atoms with van der Waals surface area (Å²) in [5, 5.41) is 13.8. The zero-order valence-corrected chi connectivity index (χ0v) is 10.5. The highest BCUT2D eigenvalue weighted by Crippen LogP contribution is 2.42. The Hall–Kier alpha value is -0.590. The zero-order chi connectivity index (χ0) is 11.8. The molecule has 17 heavy (non-hydrogen) atoms. The number of hydrogen-bond acceptors (Lipinski definition) is 6. The van der Waals surface area contributed by atoms with Crippen molar-refractivity contribution in [3.8, 4) is 0 Å². The molecule has 94 valence electrons. The minimum atomic E-state index is -0.366. The van der Waals surface area contributed by atoms with Crippen molar-refractivity contribution in [1.82, 2.24) is 10.1 Å². The molecule has 6 heteroatoms. The van der Waals surface area contributed by atoms with Crippen LogP contribution >= 0.6 is 11.8 Å². The lowest BCUT2D eigenvalue weighted by Gasteiger charge is -2.09. The van der Waals surface area contributed by atoms with E-state index in [0.717, 1.165) is 11.5 Å². The Kier molecular flexibility index (Phi) is 3.10. The molecule has 0 radical (unpaired) electrons. The van der Waals surface area contributed by atoms with Gasteiger partial charge in [0.25, 0.3) is 0 Å². The van der Waals surface area contributed by atoms with Crippen LogP contribution in [0.3, 0.4) is 0 Å². The molecule has 0 spiro atoms. The maximum atomic E-state index is 9.79. The average Bonchev–Trinajstić information content (AvgIpc) is 2.87. The predicted molar refractivity (Wildman–Crippen MR) is 62.8 cm³/mol. The first-order chi connectivity index (χ1) is 8.29. The molecule has 2 aliphatic rings. The van der Waals surface area contributed by atoms with Crippen LogP contribution in [-0.2, 0) is 4.74 Å². The number of aliphatic hydroxyl groups is 1. The first kappa shape index (κ1) is 11.5. The molecule has 0 bridgehead atoms. The van der Waals surface area contributed by atoms with Crippen LogP contribution in [0.15, 0.2) is 4.52 Å². The summed E-state index contributed by atoms with van der Waals surface area (Å²) >= 11 is 1.72. The summed E-state index contributed by atoms with van der Waals surface area (Å²) < 4.78 is 10.7. The van der Waals surface area contributed by atoms with Gasteiger partial charge in [0.2, 0.25) is 11.7 Å². The largest absolute Gasteiger partial charge is 0.391 e. The van der Waals surface area contributed by atoms with E-state index in [0.29, 0.717) is 17.6 Å². The van der Waals surface area contributed by atoms with Gasteiger partial charge in [0.15, 0.2) is 0 Å². The van der Waals surface area contributed by atoms with Crippen molar-refractivity contribution < 1.29 is 14.4 Å². The molecule has 0 amide bonds. The number of hydrogen-bond donors (Lipinski definition) is 1. The highest BCUT2D eigenvalue weighted by molar-refractivity contribution is 7.99. The third kappa shape index (κ3) is 2.21.